The molecule has 0 N–H and O–H groups in total. The highest BCUT2D eigenvalue weighted by Crippen LogP contribution is 2.40. The number of benzene rings is 2. The molecule has 0 bridgehead atoms. The van der Waals surface area contributed by atoms with Crippen LogP contribution in [0, 0.1) is 6.92 Å². The fourth-order valence-corrected chi connectivity index (χ4v) is 3.46. The lowest BCUT2D eigenvalue weighted by Gasteiger charge is -2.17. The van der Waals surface area contributed by atoms with Crippen molar-refractivity contribution in [3.8, 4) is 22.6 Å². The van der Waals surface area contributed by atoms with Crippen molar-refractivity contribution >= 4 is 32.7 Å². The predicted molar refractivity (Wildman–Crippen MR) is 104 cm³/mol. The Bertz CT molecular complexity index is 1000. The zero-order valence-electron chi connectivity index (χ0n) is 14.9. The van der Waals surface area contributed by atoms with Gasteiger partial charge in [0.2, 0.25) is 0 Å². The fraction of sp³-hybridized carbons (Fsp3) is 0.200. The van der Waals surface area contributed by atoms with E-state index in [1.54, 1.807) is 20.4 Å². The number of rotatable bonds is 4. The Morgan fingerprint density at radius 3 is 2.35 bits per heavy atom. The van der Waals surface area contributed by atoms with E-state index in [-0.39, 0.29) is 5.97 Å². The van der Waals surface area contributed by atoms with E-state index in [0.29, 0.717) is 21.7 Å². The first-order valence-electron chi connectivity index (χ1n) is 7.89. The minimum Gasteiger partial charge on any atom is -0.493 e. The highest BCUT2D eigenvalue weighted by molar-refractivity contribution is 9.10. The van der Waals surface area contributed by atoms with Crippen molar-refractivity contribution in [1.29, 1.82) is 0 Å². The van der Waals surface area contributed by atoms with E-state index >= 15 is 0 Å². The van der Waals surface area contributed by atoms with Gasteiger partial charge in [-0.1, -0.05) is 6.07 Å². The van der Waals surface area contributed by atoms with Gasteiger partial charge in [-0.05, 0) is 69.0 Å². The third-order valence-corrected chi connectivity index (χ3v) is 4.68. The van der Waals surface area contributed by atoms with Gasteiger partial charge in [0.05, 0.1) is 26.9 Å². The summed E-state index contributed by atoms with van der Waals surface area (Å²) in [4.78, 5) is 16.7. The first-order chi connectivity index (χ1) is 12.5. The topological polar surface area (TPSA) is 57.7 Å². The van der Waals surface area contributed by atoms with E-state index in [9.17, 15) is 4.79 Å². The van der Waals surface area contributed by atoms with E-state index in [1.165, 1.54) is 7.11 Å². The molecule has 2 aromatic carbocycles. The van der Waals surface area contributed by atoms with Gasteiger partial charge in [-0.3, -0.25) is 0 Å². The molecular weight excluding hydrogens is 398 g/mol. The van der Waals surface area contributed by atoms with Gasteiger partial charge in [0, 0.05) is 11.8 Å². The SMILES string of the molecule is COC(=O)c1c(C)cc2cc(OC)c(OC)cc2c1-c1ccnc(Br)c1. The summed E-state index contributed by atoms with van der Waals surface area (Å²) in [6.45, 7) is 1.89. The Morgan fingerprint density at radius 2 is 1.73 bits per heavy atom. The van der Waals surface area contributed by atoms with Gasteiger partial charge in [0.15, 0.2) is 11.5 Å². The molecule has 0 atom stereocenters. The fourth-order valence-electron chi connectivity index (χ4n) is 3.09. The Labute approximate surface area is 160 Å². The molecule has 6 heteroatoms. The van der Waals surface area contributed by atoms with Gasteiger partial charge in [0.25, 0.3) is 0 Å². The van der Waals surface area contributed by atoms with E-state index < -0.39 is 0 Å². The highest BCUT2D eigenvalue weighted by atomic mass is 79.9. The normalized spacial score (nSPS) is 10.7. The van der Waals surface area contributed by atoms with Gasteiger partial charge in [-0.2, -0.15) is 0 Å². The minimum atomic E-state index is -0.387. The largest absolute Gasteiger partial charge is 0.493 e. The first kappa shape index (κ1) is 18.2. The maximum atomic E-state index is 12.5. The molecule has 1 aromatic heterocycles. The molecule has 0 aliphatic rings. The number of methoxy groups -OCH3 is 3. The third kappa shape index (κ3) is 3.12. The van der Waals surface area contributed by atoms with E-state index in [0.717, 1.165) is 27.5 Å². The Hall–Kier alpha value is -2.60. The maximum absolute atomic E-state index is 12.5. The van der Waals surface area contributed by atoms with Crippen molar-refractivity contribution in [2.45, 2.75) is 6.92 Å². The number of aryl methyl sites for hydroxylation is 1. The van der Waals surface area contributed by atoms with Crippen LogP contribution < -0.4 is 9.47 Å². The number of carbonyl (C=O) groups excluding carboxylic acids is 1. The van der Waals surface area contributed by atoms with Gasteiger partial charge >= 0.3 is 5.97 Å². The number of hydrogen-bond donors (Lipinski definition) is 0. The number of fused-ring (bicyclic) bond motifs is 1. The Kier molecular flexibility index (Phi) is 5.13. The lowest BCUT2D eigenvalue weighted by atomic mass is 9.90. The monoisotopic (exact) mass is 415 g/mol. The summed E-state index contributed by atoms with van der Waals surface area (Å²) in [5.41, 5.74) is 2.97. The summed E-state index contributed by atoms with van der Waals surface area (Å²) >= 11 is 3.40. The smallest absolute Gasteiger partial charge is 0.338 e. The summed E-state index contributed by atoms with van der Waals surface area (Å²) in [5, 5.41) is 1.81. The number of pyridine rings is 1. The van der Waals surface area contributed by atoms with Crippen LogP contribution in [0.1, 0.15) is 15.9 Å². The second-order valence-electron chi connectivity index (χ2n) is 5.73. The van der Waals surface area contributed by atoms with Crippen LogP contribution >= 0.6 is 15.9 Å². The van der Waals surface area contributed by atoms with Gasteiger partial charge in [0.1, 0.15) is 4.60 Å². The molecule has 134 valence electrons. The Morgan fingerprint density at radius 1 is 1.04 bits per heavy atom. The van der Waals surface area contributed by atoms with Crippen molar-refractivity contribution in [3.05, 3.63) is 52.3 Å². The maximum Gasteiger partial charge on any atom is 0.338 e. The molecule has 0 amide bonds. The molecule has 0 fully saturated rings. The second-order valence-corrected chi connectivity index (χ2v) is 6.54. The summed E-state index contributed by atoms with van der Waals surface area (Å²) in [6, 6.07) is 9.47. The minimum absolute atomic E-state index is 0.387. The van der Waals surface area contributed by atoms with Crippen LogP contribution in [0.2, 0.25) is 0 Å². The number of ether oxygens (including phenoxy) is 3. The molecule has 0 radical (unpaired) electrons. The molecule has 1 heterocycles. The molecule has 0 aliphatic heterocycles. The van der Waals surface area contributed by atoms with Crippen molar-refractivity contribution in [1.82, 2.24) is 4.98 Å². The summed E-state index contributed by atoms with van der Waals surface area (Å²) < 4.78 is 16.6. The number of nitrogens with zero attached hydrogens (tertiary/aromatic N) is 1. The molecule has 0 saturated heterocycles. The van der Waals surface area contributed by atoms with Gasteiger partial charge in [-0.25, -0.2) is 9.78 Å². The zero-order valence-corrected chi connectivity index (χ0v) is 16.5. The first-order valence-corrected chi connectivity index (χ1v) is 8.69. The molecule has 3 aromatic rings. The van der Waals surface area contributed by atoms with Crippen LogP contribution in [-0.2, 0) is 4.74 Å². The van der Waals surface area contributed by atoms with Crippen molar-refractivity contribution < 1.29 is 19.0 Å². The lowest BCUT2D eigenvalue weighted by Crippen LogP contribution is -2.07. The molecular formula is C20H18BrNO4. The van der Waals surface area contributed by atoms with Crippen LogP contribution in [-0.4, -0.2) is 32.3 Å². The van der Waals surface area contributed by atoms with Crippen molar-refractivity contribution in [2.24, 2.45) is 0 Å². The van der Waals surface area contributed by atoms with Crippen LogP contribution in [0.3, 0.4) is 0 Å². The number of esters is 1. The van der Waals surface area contributed by atoms with Crippen LogP contribution in [0.15, 0.2) is 41.1 Å². The molecule has 3 rings (SSSR count). The van der Waals surface area contributed by atoms with Crippen molar-refractivity contribution in [3.63, 3.8) is 0 Å². The summed E-state index contributed by atoms with van der Waals surface area (Å²) in [7, 11) is 4.56. The Balaban J connectivity index is 2.48. The quantitative estimate of drug-likeness (QED) is 0.453. The summed E-state index contributed by atoms with van der Waals surface area (Å²) in [6.07, 6.45) is 1.69. The van der Waals surface area contributed by atoms with E-state index in [2.05, 4.69) is 20.9 Å². The molecule has 0 aliphatic carbocycles. The predicted octanol–water partition coefficient (Wildman–Crippen LogP) is 4.78. The number of hydrogen-bond acceptors (Lipinski definition) is 5. The molecule has 0 unspecified atom stereocenters. The van der Waals surface area contributed by atoms with Crippen LogP contribution in [0.4, 0.5) is 0 Å². The standard InChI is InChI=1S/C20H18BrNO4/c1-11-7-13-8-15(24-2)16(25-3)10-14(13)19(18(11)20(23)26-4)12-5-6-22-17(21)9-12/h5-10H,1-4H3. The molecule has 0 saturated carbocycles. The van der Waals surface area contributed by atoms with Crippen LogP contribution in [0.25, 0.3) is 21.9 Å². The van der Waals surface area contributed by atoms with E-state index in [1.807, 2.05) is 37.3 Å². The highest BCUT2D eigenvalue weighted by Gasteiger charge is 2.21. The number of carbonyl (C=O) groups is 1. The third-order valence-electron chi connectivity index (χ3n) is 4.25. The zero-order chi connectivity index (χ0) is 18.8. The second kappa shape index (κ2) is 7.33. The molecule has 26 heavy (non-hydrogen) atoms. The molecule has 0 spiro atoms. The van der Waals surface area contributed by atoms with Crippen molar-refractivity contribution in [2.75, 3.05) is 21.3 Å². The lowest BCUT2D eigenvalue weighted by molar-refractivity contribution is 0.0601. The van der Waals surface area contributed by atoms with Gasteiger partial charge in [-0.15, -0.1) is 0 Å². The molecule has 5 nitrogen and oxygen atoms in total. The average Bonchev–Trinajstić information content (AvgIpc) is 2.65. The van der Waals surface area contributed by atoms with Gasteiger partial charge < -0.3 is 14.2 Å². The number of aromatic nitrogens is 1. The van der Waals surface area contributed by atoms with E-state index in [4.69, 9.17) is 14.2 Å². The summed E-state index contributed by atoms with van der Waals surface area (Å²) in [5.74, 6) is 0.836. The van der Waals surface area contributed by atoms with Crippen LogP contribution in [0.5, 0.6) is 11.5 Å². The average molecular weight is 416 g/mol. The number of halogens is 1.